The molecule has 2 N–H and O–H groups in total. The van der Waals surface area contributed by atoms with Crippen LogP contribution < -0.4 is 5.32 Å². The van der Waals surface area contributed by atoms with E-state index in [1.807, 2.05) is 29.8 Å². The van der Waals surface area contributed by atoms with Gasteiger partial charge in [-0.25, -0.2) is 9.59 Å². The monoisotopic (exact) mass is 380 g/mol. The van der Waals surface area contributed by atoms with Crippen LogP contribution in [0.5, 0.6) is 0 Å². The second-order valence-electron chi connectivity index (χ2n) is 7.28. The van der Waals surface area contributed by atoms with Crippen molar-refractivity contribution in [1.29, 1.82) is 0 Å². The molecule has 1 amide bonds. The lowest BCUT2D eigenvalue weighted by Gasteiger charge is -2.25. The molecule has 1 aromatic carbocycles. The number of nitrogens with one attached hydrogen (secondary N) is 1. The Morgan fingerprint density at radius 2 is 2.00 bits per heavy atom. The quantitative estimate of drug-likeness (QED) is 0.805. The Kier molecular flexibility index (Phi) is 5.86. The molecule has 2 atom stereocenters. The number of nitrogens with zero attached hydrogens (tertiary/aromatic N) is 1. The smallest absolute Gasteiger partial charge is 0.408 e. The fraction of sp³-hybridized carbons (Fsp3) is 0.474. The van der Waals surface area contributed by atoms with Gasteiger partial charge in [-0.2, -0.15) is 0 Å². The number of aromatic nitrogens is 1. The number of aryl methyl sites for hydroxylation is 1. The number of hydrogen-bond donors (Lipinski definition) is 2. The van der Waals surface area contributed by atoms with Crippen molar-refractivity contribution in [2.75, 3.05) is 0 Å². The molecule has 0 aliphatic carbocycles. The predicted molar refractivity (Wildman–Crippen MR) is 102 cm³/mol. The number of aliphatic carboxylic acids is 1. The molecule has 0 spiro atoms. The van der Waals surface area contributed by atoms with E-state index >= 15 is 0 Å². The van der Waals surface area contributed by atoms with Crippen LogP contribution in [-0.2, 0) is 16.1 Å². The molecular formula is C19H25ClN2O4. The van der Waals surface area contributed by atoms with E-state index in [1.54, 1.807) is 33.8 Å². The van der Waals surface area contributed by atoms with Crippen molar-refractivity contribution < 1.29 is 19.4 Å². The Bertz CT molecular complexity index is 823. The maximum absolute atomic E-state index is 12.1. The maximum atomic E-state index is 12.1. The summed E-state index contributed by atoms with van der Waals surface area (Å²) in [7, 11) is 0. The zero-order chi connectivity index (χ0) is 19.6. The van der Waals surface area contributed by atoms with Crippen LogP contribution in [0.15, 0.2) is 24.4 Å². The normalized spacial score (nSPS) is 14.1. The summed E-state index contributed by atoms with van der Waals surface area (Å²) in [6, 6.07) is 4.41. The zero-order valence-corrected chi connectivity index (χ0v) is 16.4. The van der Waals surface area contributed by atoms with Gasteiger partial charge in [0.25, 0.3) is 0 Å². The molecule has 7 heteroatoms. The van der Waals surface area contributed by atoms with E-state index in [1.165, 1.54) is 0 Å². The number of carboxylic acid groups (broad SMARTS) is 1. The molecule has 142 valence electrons. The Morgan fingerprint density at radius 3 is 2.54 bits per heavy atom. The van der Waals surface area contributed by atoms with Crippen LogP contribution in [0, 0.1) is 0 Å². The van der Waals surface area contributed by atoms with Gasteiger partial charge in [0, 0.05) is 34.6 Å². The summed E-state index contributed by atoms with van der Waals surface area (Å²) in [4.78, 5) is 23.9. The second kappa shape index (κ2) is 7.58. The van der Waals surface area contributed by atoms with E-state index in [9.17, 15) is 14.7 Å². The van der Waals surface area contributed by atoms with E-state index in [0.717, 1.165) is 23.0 Å². The summed E-state index contributed by atoms with van der Waals surface area (Å²) >= 11 is 6.13. The van der Waals surface area contributed by atoms with Gasteiger partial charge in [0.2, 0.25) is 0 Å². The minimum Gasteiger partial charge on any atom is -0.480 e. The summed E-state index contributed by atoms with van der Waals surface area (Å²) in [6.07, 6.45) is 1.16. The number of benzene rings is 1. The SMILES string of the molecule is CCn1cc(C(C)C(NC(=O)OC(C)(C)C)C(=O)O)c2cc(Cl)ccc21. The third kappa shape index (κ3) is 4.49. The molecule has 0 saturated carbocycles. The lowest BCUT2D eigenvalue weighted by molar-refractivity contribution is -0.140. The van der Waals surface area contributed by atoms with E-state index in [4.69, 9.17) is 16.3 Å². The van der Waals surface area contributed by atoms with E-state index in [-0.39, 0.29) is 0 Å². The third-order valence-corrected chi connectivity index (χ3v) is 4.38. The molecule has 0 aliphatic rings. The number of carboxylic acids is 1. The molecule has 2 aromatic rings. The number of amides is 1. The fourth-order valence-corrected chi connectivity index (χ4v) is 3.11. The Hall–Kier alpha value is -2.21. The average Bonchev–Trinajstić information content (AvgIpc) is 2.87. The van der Waals surface area contributed by atoms with Crippen LogP contribution in [0.4, 0.5) is 4.79 Å². The molecule has 6 nitrogen and oxygen atoms in total. The highest BCUT2D eigenvalue weighted by Crippen LogP contribution is 2.32. The van der Waals surface area contributed by atoms with Gasteiger partial charge in [-0.3, -0.25) is 0 Å². The van der Waals surface area contributed by atoms with Gasteiger partial charge >= 0.3 is 12.1 Å². The predicted octanol–water partition coefficient (Wildman–Crippen LogP) is 4.40. The highest BCUT2D eigenvalue weighted by molar-refractivity contribution is 6.31. The van der Waals surface area contributed by atoms with Crippen molar-refractivity contribution in [2.45, 2.75) is 58.7 Å². The van der Waals surface area contributed by atoms with Crippen LogP contribution in [-0.4, -0.2) is 33.4 Å². The molecule has 1 heterocycles. The second-order valence-corrected chi connectivity index (χ2v) is 7.72. The zero-order valence-electron chi connectivity index (χ0n) is 15.7. The molecule has 0 radical (unpaired) electrons. The number of alkyl carbamates (subject to hydrolysis) is 1. The largest absolute Gasteiger partial charge is 0.480 e. The minimum absolute atomic E-state index is 0.478. The lowest BCUT2D eigenvalue weighted by atomic mass is 9.93. The Balaban J connectivity index is 2.39. The topological polar surface area (TPSA) is 80.6 Å². The number of fused-ring (bicyclic) bond motifs is 1. The van der Waals surface area contributed by atoms with Crippen molar-refractivity contribution in [3.05, 3.63) is 35.0 Å². The molecule has 0 saturated heterocycles. The number of carbonyl (C=O) groups is 2. The minimum atomic E-state index is -1.13. The summed E-state index contributed by atoms with van der Waals surface area (Å²) in [6.45, 7) is 9.69. The van der Waals surface area contributed by atoms with Crippen LogP contribution in [0.25, 0.3) is 10.9 Å². The van der Waals surface area contributed by atoms with Crippen molar-refractivity contribution in [3.63, 3.8) is 0 Å². The molecule has 0 aliphatic heterocycles. The summed E-state index contributed by atoms with van der Waals surface area (Å²) in [5.74, 6) is -1.60. The fourth-order valence-electron chi connectivity index (χ4n) is 2.94. The number of ether oxygens (including phenoxy) is 1. The van der Waals surface area contributed by atoms with Gasteiger partial charge in [-0.15, -0.1) is 0 Å². The first-order valence-electron chi connectivity index (χ1n) is 8.54. The van der Waals surface area contributed by atoms with Gasteiger partial charge < -0.3 is 19.7 Å². The van der Waals surface area contributed by atoms with Gasteiger partial charge in [0.05, 0.1) is 0 Å². The third-order valence-electron chi connectivity index (χ3n) is 4.14. The first-order chi connectivity index (χ1) is 12.0. The van der Waals surface area contributed by atoms with Gasteiger partial charge in [0.15, 0.2) is 0 Å². The van der Waals surface area contributed by atoms with Crippen molar-refractivity contribution in [1.82, 2.24) is 9.88 Å². The molecule has 2 unspecified atom stereocenters. The van der Waals surface area contributed by atoms with Crippen LogP contribution in [0.2, 0.25) is 5.02 Å². The molecule has 2 rings (SSSR count). The Labute approximate surface area is 158 Å². The van der Waals surface area contributed by atoms with Gasteiger partial charge in [-0.1, -0.05) is 18.5 Å². The highest BCUT2D eigenvalue weighted by Gasteiger charge is 2.31. The van der Waals surface area contributed by atoms with Gasteiger partial charge in [0.1, 0.15) is 11.6 Å². The average molecular weight is 381 g/mol. The molecule has 0 fully saturated rings. The Morgan fingerprint density at radius 1 is 1.35 bits per heavy atom. The standard InChI is InChI=1S/C19H25ClN2O4/c1-6-22-10-14(13-9-12(20)7-8-15(13)22)11(2)16(17(23)24)21-18(25)26-19(3,4)5/h7-11,16H,6H2,1-5H3,(H,21,25)(H,23,24). The number of rotatable bonds is 5. The van der Waals surface area contributed by atoms with E-state index in [2.05, 4.69) is 5.32 Å². The van der Waals surface area contributed by atoms with Crippen LogP contribution in [0.1, 0.15) is 46.1 Å². The molecule has 1 aromatic heterocycles. The number of carbonyl (C=O) groups excluding carboxylic acids is 1. The first-order valence-corrected chi connectivity index (χ1v) is 8.92. The molecule has 0 bridgehead atoms. The molecule has 26 heavy (non-hydrogen) atoms. The van der Waals surface area contributed by atoms with Crippen molar-refractivity contribution in [3.8, 4) is 0 Å². The van der Waals surface area contributed by atoms with E-state index in [0.29, 0.717) is 5.02 Å². The van der Waals surface area contributed by atoms with Crippen molar-refractivity contribution >= 4 is 34.6 Å². The number of hydrogen-bond acceptors (Lipinski definition) is 3. The summed E-state index contributed by atoms with van der Waals surface area (Å²) in [5.41, 5.74) is 1.08. The van der Waals surface area contributed by atoms with Crippen molar-refractivity contribution in [2.24, 2.45) is 0 Å². The highest BCUT2D eigenvalue weighted by atomic mass is 35.5. The maximum Gasteiger partial charge on any atom is 0.408 e. The number of halogens is 1. The lowest BCUT2D eigenvalue weighted by Crippen LogP contribution is -2.46. The van der Waals surface area contributed by atoms with Crippen LogP contribution in [0.3, 0.4) is 0 Å². The van der Waals surface area contributed by atoms with Crippen LogP contribution >= 0.6 is 11.6 Å². The van der Waals surface area contributed by atoms with Gasteiger partial charge in [-0.05, 0) is 51.5 Å². The van der Waals surface area contributed by atoms with E-state index < -0.39 is 29.6 Å². The summed E-state index contributed by atoms with van der Waals surface area (Å²) < 4.78 is 7.23. The summed E-state index contributed by atoms with van der Waals surface area (Å²) in [5, 5.41) is 13.6. The molecular weight excluding hydrogens is 356 g/mol. The first kappa shape index (κ1) is 20.1.